The number of ether oxygens (including phenoxy) is 1. The topological polar surface area (TPSA) is 55.4 Å². The molecule has 0 spiro atoms. The van der Waals surface area contributed by atoms with Crippen molar-refractivity contribution >= 4 is 12.6 Å². The Labute approximate surface area is 59.6 Å². The van der Waals surface area contributed by atoms with Gasteiger partial charge in [0, 0.05) is 6.54 Å². The first-order chi connectivity index (χ1) is 4.81. The average molecular weight is 145 g/mol. The van der Waals surface area contributed by atoms with Gasteiger partial charge in [-0.25, -0.2) is 4.79 Å². The number of carbonyl (C=O) groups excluding carboxylic acids is 2. The van der Waals surface area contributed by atoms with Crippen LogP contribution in [0, 0.1) is 0 Å². The molecule has 0 aromatic heterocycles. The number of nitrogens with one attached hydrogen (secondary N) is 1. The van der Waals surface area contributed by atoms with Crippen LogP contribution in [0.25, 0.3) is 0 Å². The zero-order chi connectivity index (χ0) is 7.82. The Balaban J connectivity index is 3.13. The maximum Gasteiger partial charge on any atom is 0.414 e. The quantitative estimate of drug-likeness (QED) is 0.359. The molecular formula is C6H11NO3. The summed E-state index contributed by atoms with van der Waals surface area (Å²) in [5.41, 5.74) is 0. The molecule has 0 aliphatic rings. The monoisotopic (exact) mass is 145 g/mol. The van der Waals surface area contributed by atoms with E-state index < -0.39 is 6.09 Å². The number of hydrogen-bond donors (Lipinski definition) is 1. The first kappa shape index (κ1) is 8.94. The lowest BCUT2D eigenvalue weighted by Gasteiger charge is -1.98. The fourth-order valence-corrected chi connectivity index (χ4v) is 0.453. The van der Waals surface area contributed by atoms with Gasteiger partial charge < -0.3 is 10.1 Å². The molecular weight excluding hydrogens is 134 g/mol. The van der Waals surface area contributed by atoms with Crippen molar-refractivity contribution < 1.29 is 14.3 Å². The van der Waals surface area contributed by atoms with Gasteiger partial charge in [-0.2, -0.15) is 0 Å². The molecule has 4 nitrogen and oxygen atoms in total. The van der Waals surface area contributed by atoms with Crippen LogP contribution in [-0.2, 0) is 9.53 Å². The Kier molecular flexibility index (Phi) is 5.42. The Morgan fingerprint density at radius 3 is 2.90 bits per heavy atom. The van der Waals surface area contributed by atoms with Gasteiger partial charge in [-0.05, 0) is 6.42 Å². The van der Waals surface area contributed by atoms with Crippen LogP contribution in [0.4, 0.5) is 4.79 Å². The van der Waals surface area contributed by atoms with Crippen LogP contribution in [0.1, 0.15) is 19.8 Å². The molecule has 0 rings (SSSR count). The van der Waals surface area contributed by atoms with E-state index >= 15 is 0 Å². The number of amides is 1. The van der Waals surface area contributed by atoms with Crippen LogP contribution in [0.3, 0.4) is 0 Å². The van der Waals surface area contributed by atoms with Crippen molar-refractivity contribution in [1.82, 2.24) is 5.32 Å². The first-order valence-electron chi connectivity index (χ1n) is 3.19. The minimum Gasteiger partial charge on any atom is -0.379 e. The van der Waals surface area contributed by atoms with E-state index in [1.165, 1.54) is 0 Å². The van der Waals surface area contributed by atoms with Crippen LogP contribution in [0.2, 0.25) is 0 Å². The van der Waals surface area contributed by atoms with Gasteiger partial charge in [0.15, 0.2) is 0 Å². The highest BCUT2D eigenvalue weighted by molar-refractivity contribution is 5.74. The second-order valence-corrected chi connectivity index (χ2v) is 1.78. The van der Waals surface area contributed by atoms with Gasteiger partial charge in [0.2, 0.25) is 0 Å². The van der Waals surface area contributed by atoms with E-state index in [9.17, 15) is 9.59 Å². The molecule has 10 heavy (non-hydrogen) atoms. The summed E-state index contributed by atoms with van der Waals surface area (Å²) in [5, 5.41) is 2.39. The van der Waals surface area contributed by atoms with E-state index in [4.69, 9.17) is 0 Å². The third-order valence-corrected chi connectivity index (χ3v) is 0.955. The highest BCUT2D eigenvalue weighted by Crippen LogP contribution is 1.82. The molecule has 58 valence electrons. The predicted octanol–water partition coefficient (Wildman–Crippen LogP) is 0.669. The van der Waals surface area contributed by atoms with Crippen molar-refractivity contribution in [3.63, 3.8) is 0 Å². The molecule has 0 aromatic carbocycles. The average Bonchev–Trinajstić information content (AvgIpc) is 1.89. The third kappa shape index (κ3) is 5.08. The third-order valence-electron chi connectivity index (χ3n) is 0.955. The van der Waals surface area contributed by atoms with Crippen molar-refractivity contribution in [3.05, 3.63) is 0 Å². The highest BCUT2D eigenvalue weighted by atomic mass is 16.6. The van der Waals surface area contributed by atoms with Gasteiger partial charge in [-0.15, -0.1) is 0 Å². The first-order valence-corrected chi connectivity index (χ1v) is 3.19. The van der Waals surface area contributed by atoms with Gasteiger partial charge in [-0.1, -0.05) is 13.3 Å². The van der Waals surface area contributed by atoms with Crippen molar-refractivity contribution in [2.75, 3.05) is 6.54 Å². The fraction of sp³-hybridized carbons (Fsp3) is 0.667. The maximum absolute atomic E-state index is 10.4. The van der Waals surface area contributed by atoms with Crippen molar-refractivity contribution in [2.45, 2.75) is 19.8 Å². The molecule has 0 atom stereocenters. The molecule has 0 fully saturated rings. The lowest BCUT2D eigenvalue weighted by Crippen LogP contribution is -2.24. The summed E-state index contributed by atoms with van der Waals surface area (Å²) in [5.74, 6) is 0. The van der Waals surface area contributed by atoms with Gasteiger partial charge in [0.25, 0.3) is 0 Å². The van der Waals surface area contributed by atoms with Crippen molar-refractivity contribution in [1.29, 1.82) is 0 Å². The minimum atomic E-state index is -0.677. The van der Waals surface area contributed by atoms with Gasteiger partial charge in [0.1, 0.15) is 0 Å². The van der Waals surface area contributed by atoms with E-state index in [2.05, 4.69) is 10.1 Å². The molecule has 0 aromatic rings. The van der Waals surface area contributed by atoms with E-state index in [-0.39, 0.29) is 6.47 Å². The summed E-state index contributed by atoms with van der Waals surface area (Å²) in [6.07, 6.45) is 1.22. The van der Waals surface area contributed by atoms with Crippen LogP contribution < -0.4 is 5.32 Å². The molecule has 0 heterocycles. The SMILES string of the molecule is CCCCNC(=O)OC=O. The van der Waals surface area contributed by atoms with Crippen LogP contribution in [0.5, 0.6) is 0 Å². The van der Waals surface area contributed by atoms with E-state index in [1.54, 1.807) is 0 Å². The molecule has 4 heteroatoms. The Morgan fingerprint density at radius 1 is 1.70 bits per heavy atom. The van der Waals surface area contributed by atoms with Gasteiger partial charge in [0.05, 0.1) is 0 Å². The van der Waals surface area contributed by atoms with E-state index in [1.807, 2.05) is 6.92 Å². The summed E-state index contributed by atoms with van der Waals surface area (Å²) >= 11 is 0. The largest absolute Gasteiger partial charge is 0.414 e. The summed E-state index contributed by atoms with van der Waals surface area (Å²) in [6, 6.07) is 0. The van der Waals surface area contributed by atoms with Crippen LogP contribution in [-0.4, -0.2) is 19.1 Å². The van der Waals surface area contributed by atoms with Gasteiger partial charge in [-0.3, -0.25) is 4.79 Å². The standard InChI is InChI=1S/C6H11NO3/c1-2-3-4-7-6(9)10-5-8/h5H,2-4H2,1H3,(H,7,9). The molecule has 0 unspecified atom stereocenters. The Hall–Kier alpha value is -1.06. The van der Waals surface area contributed by atoms with Crippen LogP contribution >= 0.6 is 0 Å². The van der Waals surface area contributed by atoms with E-state index in [0.29, 0.717) is 6.54 Å². The predicted molar refractivity (Wildman–Crippen MR) is 35.5 cm³/mol. The number of carbonyl (C=O) groups is 2. The summed E-state index contributed by atoms with van der Waals surface area (Å²) in [6.45, 7) is 2.68. The normalized spacial score (nSPS) is 8.50. The van der Waals surface area contributed by atoms with Crippen molar-refractivity contribution in [2.24, 2.45) is 0 Å². The zero-order valence-corrected chi connectivity index (χ0v) is 5.92. The molecule has 1 amide bonds. The number of hydrogen-bond acceptors (Lipinski definition) is 3. The summed E-state index contributed by atoms with van der Waals surface area (Å²) in [7, 11) is 0. The molecule has 0 aliphatic carbocycles. The lowest BCUT2D eigenvalue weighted by molar-refractivity contribution is -0.123. The van der Waals surface area contributed by atoms with Gasteiger partial charge >= 0.3 is 12.6 Å². The summed E-state index contributed by atoms with van der Waals surface area (Å²) < 4.78 is 3.96. The summed E-state index contributed by atoms with van der Waals surface area (Å²) in [4.78, 5) is 19.9. The second-order valence-electron chi connectivity index (χ2n) is 1.78. The zero-order valence-electron chi connectivity index (χ0n) is 5.92. The van der Waals surface area contributed by atoms with E-state index in [0.717, 1.165) is 12.8 Å². The van der Waals surface area contributed by atoms with Crippen molar-refractivity contribution in [3.8, 4) is 0 Å². The smallest absolute Gasteiger partial charge is 0.379 e. The number of alkyl carbamates (subject to hydrolysis) is 1. The molecule has 0 aliphatic heterocycles. The second kappa shape index (κ2) is 6.07. The Morgan fingerprint density at radius 2 is 2.40 bits per heavy atom. The molecule has 0 bridgehead atoms. The highest BCUT2D eigenvalue weighted by Gasteiger charge is 1.96. The maximum atomic E-state index is 10.4. The molecule has 0 saturated heterocycles. The number of rotatable bonds is 4. The molecule has 0 radical (unpaired) electrons. The number of unbranched alkanes of at least 4 members (excludes halogenated alkanes) is 1. The van der Waals surface area contributed by atoms with Crippen LogP contribution in [0.15, 0.2) is 0 Å². The fourth-order valence-electron chi connectivity index (χ4n) is 0.453. The minimum absolute atomic E-state index is 0.112. The lowest BCUT2D eigenvalue weighted by atomic mass is 10.3. The molecule has 0 saturated carbocycles. The molecule has 1 N–H and O–H groups in total. The Bertz CT molecular complexity index is 114.